The molecule has 0 amide bonds. The highest BCUT2D eigenvalue weighted by molar-refractivity contribution is 6.42. The molecule has 0 fully saturated rings. The zero-order valence-electron chi connectivity index (χ0n) is 11.6. The second kappa shape index (κ2) is 6.36. The maximum absolute atomic E-state index is 10.9. The fourth-order valence-electron chi connectivity index (χ4n) is 2.03. The van der Waals surface area contributed by atoms with Crippen LogP contribution in [0.5, 0.6) is 5.88 Å². The largest absolute Gasteiger partial charge is 0.472 e. The van der Waals surface area contributed by atoms with Crippen molar-refractivity contribution in [2.75, 3.05) is 0 Å². The third-order valence-electron chi connectivity index (χ3n) is 3.15. The smallest absolute Gasteiger partial charge is 0.270 e. The molecule has 2 aromatic carbocycles. The van der Waals surface area contributed by atoms with Crippen LogP contribution in [0.2, 0.25) is 10.0 Å². The summed E-state index contributed by atoms with van der Waals surface area (Å²) < 4.78 is 5.66. The van der Waals surface area contributed by atoms with Crippen LogP contribution in [0.3, 0.4) is 0 Å². The van der Waals surface area contributed by atoms with Crippen molar-refractivity contribution in [3.63, 3.8) is 0 Å². The first-order chi connectivity index (χ1) is 11.0. The van der Waals surface area contributed by atoms with Gasteiger partial charge in [0.15, 0.2) is 0 Å². The fraction of sp³-hybridized carbons (Fsp3) is 0.0667. The number of halogens is 2. The number of nitro groups is 1. The monoisotopic (exact) mass is 349 g/mol. The Kier molecular flexibility index (Phi) is 4.27. The Balaban J connectivity index is 1.91. The Hall–Kier alpha value is -2.44. The first-order valence-corrected chi connectivity index (χ1v) is 7.26. The molecule has 116 valence electrons. The van der Waals surface area contributed by atoms with Gasteiger partial charge in [0.1, 0.15) is 12.9 Å². The van der Waals surface area contributed by atoms with Gasteiger partial charge in [0.25, 0.3) is 5.69 Å². The normalized spacial score (nSPS) is 10.7. The van der Waals surface area contributed by atoms with E-state index in [4.69, 9.17) is 27.9 Å². The zero-order valence-corrected chi connectivity index (χ0v) is 13.1. The van der Waals surface area contributed by atoms with Gasteiger partial charge in [-0.05, 0) is 23.8 Å². The van der Waals surface area contributed by atoms with Gasteiger partial charge in [0, 0.05) is 12.1 Å². The molecule has 0 aliphatic rings. The summed E-state index contributed by atoms with van der Waals surface area (Å²) in [5.74, 6) is 0.268. The van der Waals surface area contributed by atoms with E-state index in [1.165, 1.54) is 18.5 Å². The predicted octanol–water partition coefficient (Wildman–Crippen LogP) is 4.42. The van der Waals surface area contributed by atoms with Gasteiger partial charge in [-0.2, -0.15) is 0 Å². The zero-order chi connectivity index (χ0) is 16.4. The predicted molar refractivity (Wildman–Crippen MR) is 87.0 cm³/mol. The van der Waals surface area contributed by atoms with E-state index in [0.717, 1.165) is 5.56 Å². The van der Waals surface area contributed by atoms with Crippen molar-refractivity contribution >= 4 is 39.8 Å². The van der Waals surface area contributed by atoms with Gasteiger partial charge >= 0.3 is 0 Å². The molecule has 0 unspecified atom stereocenters. The van der Waals surface area contributed by atoms with Crippen molar-refractivity contribution < 1.29 is 9.66 Å². The minimum Gasteiger partial charge on any atom is -0.472 e. The van der Waals surface area contributed by atoms with E-state index in [2.05, 4.69) is 9.97 Å². The number of benzene rings is 2. The molecule has 1 heterocycles. The quantitative estimate of drug-likeness (QED) is 0.514. The Morgan fingerprint density at radius 3 is 2.65 bits per heavy atom. The number of fused-ring (bicyclic) bond motifs is 1. The first kappa shape index (κ1) is 15.5. The average molecular weight is 350 g/mol. The summed E-state index contributed by atoms with van der Waals surface area (Å²) in [5.41, 5.74) is 1.32. The Morgan fingerprint density at radius 2 is 1.91 bits per heavy atom. The molecule has 0 bridgehead atoms. The number of nitro benzene ring substituents is 1. The molecule has 8 heteroatoms. The summed E-state index contributed by atoms with van der Waals surface area (Å²) in [6.45, 7) is 0.200. The molecule has 23 heavy (non-hydrogen) atoms. The average Bonchev–Trinajstić information content (AvgIpc) is 2.55. The third kappa shape index (κ3) is 3.33. The van der Waals surface area contributed by atoms with Crippen LogP contribution in [0.1, 0.15) is 5.56 Å². The number of aromatic nitrogens is 2. The van der Waals surface area contributed by atoms with Gasteiger partial charge in [0.2, 0.25) is 5.88 Å². The van der Waals surface area contributed by atoms with Crippen molar-refractivity contribution in [2.24, 2.45) is 0 Å². The van der Waals surface area contributed by atoms with E-state index >= 15 is 0 Å². The van der Waals surface area contributed by atoms with Gasteiger partial charge in [-0.25, -0.2) is 9.97 Å². The van der Waals surface area contributed by atoms with Crippen LogP contribution in [0.4, 0.5) is 5.69 Å². The highest BCUT2D eigenvalue weighted by Crippen LogP contribution is 2.27. The molecule has 3 rings (SSSR count). The molecule has 3 aromatic rings. The summed E-state index contributed by atoms with van der Waals surface area (Å²) in [6, 6.07) is 9.47. The molecule has 1 aromatic heterocycles. The van der Waals surface area contributed by atoms with Crippen LogP contribution in [-0.4, -0.2) is 14.9 Å². The number of rotatable bonds is 4. The van der Waals surface area contributed by atoms with E-state index in [9.17, 15) is 10.1 Å². The summed E-state index contributed by atoms with van der Waals surface area (Å²) >= 11 is 11.8. The fourth-order valence-corrected chi connectivity index (χ4v) is 2.35. The number of nitrogens with zero attached hydrogens (tertiary/aromatic N) is 3. The minimum absolute atomic E-state index is 0.0494. The van der Waals surface area contributed by atoms with Crippen LogP contribution in [-0.2, 0) is 6.61 Å². The van der Waals surface area contributed by atoms with Crippen molar-refractivity contribution in [1.82, 2.24) is 9.97 Å². The highest BCUT2D eigenvalue weighted by atomic mass is 35.5. The molecule has 0 saturated carbocycles. The molecular weight excluding hydrogens is 341 g/mol. The van der Waals surface area contributed by atoms with E-state index < -0.39 is 4.92 Å². The molecule has 0 atom stereocenters. The van der Waals surface area contributed by atoms with Crippen molar-refractivity contribution in [1.29, 1.82) is 0 Å². The number of ether oxygens (including phenoxy) is 1. The topological polar surface area (TPSA) is 78.2 Å². The van der Waals surface area contributed by atoms with E-state index in [-0.39, 0.29) is 18.2 Å². The maximum atomic E-state index is 10.9. The summed E-state index contributed by atoms with van der Waals surface area (Å²) in [6.07, 6.45) is 1.35. The van der Waals surface area contributed by atoms with Crippen molar-refractivity contribution in [3.8, 4) is 5.88 Å². The molecule has 6 nitrogen and oxygen atoms in total. The Bertz CT molecular complexity index is 902. The lowest BCUT2D eigenvalue weighted by Gasteiger charge is -2.08. The molecule has 0 N–H and O–H groups in total. The number of non-ortho nitro benzene ring substituents is 1. The summed E-state index contributed by atoms with van der Waals surface area (Å²) in [7, 11) is 0. The lowest BCUT2D eigenvalue weighted by atomic mass is 10.2. The molecule has 0 aliphatic carbocycles. The van der Waals surface area contributed by atoms with Gasteiger partial charge < -0.3 is 4.74 Å². The van der Waals surface area contributed by atoms with Crippen LogP contribution < -0.4 is 4.74 Å². The van der Waals surface area contributed by atoms with Gasteiger partial charge in [-0.15, -0.1) is 0 Å². The van der Waals surface area contributed by atoms with E-state index in [0.29, 0.717) is 20.9 Å². The third-order valence-corrected chi connectivity index (χ3v) is 3.89. The van der Waals surface area contributed by atoms with E-state index in [1.54, 1.807) is 24.3 Å². The molecule has 0 saturated heterocycles. The number of hydrogen-bond acceptors (Lipinski definition) is 5. The summed E-state index contributed by atoms with van der Waals surface area (Å²) in [5, 5.41) is 12.3. The van der Waals surface area contributed by atoms with Crippen molar-refractivity contribution in [3.05, 3.63) is 68.4 Å². The van der Waals surface area contributed by atoms with Gasteiger partial charge in [-0.1, -0.05) is 29.3 Å². The second-order valence-electron chi connectivity index (χ2n) is 4.67. The molecule has 0 radical (unpaired) electrons. The second-order valence-corrected chi connectivity index (χ2v) is 5.49. The first-order valence-electron chi connectivity index (χ1n) is 6.50. The van der Waals surface area contributed by atoms with Gasteiger partial charge in [0.05, 0.1) is 25.9 Å². The molecule has 0 spiro atoms. The Labute approximate surface area is 140 Å². The minimum atomic E-state index is -0.477. The molecule has 0 aliphatic heterocycles. The van der Waals surface area contributed by atoms with Crippen LogP contribution >= 0.6 is 23.2 Å². The van der Waals surface area contributed by atoms with Gasteiger partial charge in [-0.3, -0.25) is 10.1 Å². The van der Waals surface area contributed by atoms with Crippen LogP contribution in [0.25, 0.3) is 10.9 Å². The van der Waals surface area contributed by atoms with Crippen LogP contribution in [0, 0.1) is 10.1 Å². The van der Waals surface area contributed by atoms with Crippen molar-refractivity contribution in [2.45, 2.75) is 6.61 Å². The standard InChI is InChI=1S/C15H9Cl2N3O3/c16-12-3-1-9(5-13(12)17)7-23-15-11-6-10(20(21)22)2-4-14(11)18-8-19-15/h1-6,8H,7H2. The number of hydrogen-bond donors (Lipinski definition) is 0. The Morgan fingerprint density at radius 1 is 1.09 bits per heavy atom. The van der Waals surface area contributed by atoms with E-state index in [1.807, 2.05) is 0 Å². The lowest BCUT2D eigenvalue weighted by Crippen LogP contribution is -1.99. The maximum Gasteiger partial charge on any atom is 0.270 e. The highest BCUT2D eigenvalue weighted by Gasteiger charge is 2.12. The SMILES string of the molecule is O=[N+]([O-])c1ccc2ncnc(OCc3ccc(Cl)c(Cl)c3)c2c1. The van der Waals surface area contributed by atoms with Crippen LogP contribution in [0.15, 0.2) is 42.7 Å². The molecular formula is C15H9Cl2N3O3. The lowest BCUT2D eigenvalue weighted by molar-refractivity contribution is -0.384. The summed E-state index contributed by atoms with van der Waals surface area (Å²) in [4.78, 5) is 18.5.